The van der Waals surface area contributed by atoms with Crippen LogP contribution in [0.3, 0.4) is 0 Å². The van der Waals surface area contributed by atoms with Gasteiger partial charge in [-0.25, -0.2) is 28.1 Å². The van der Waals surface area contributed by atoms with Crippen molar-refractivity contribution in [3.63, 3.8) is 0 Å². The van der Waals surface area contributed by atoms with Crippen molar-refractivity contribution >= 4 is 22.0 Å². The van der Waals surface area contributed by atoms with Gasteiger partial charge in [-0.05, 0) is 18.2 Å². The number of hydrogen-bond acceptors (Lipinski definition) is 9. The van der Waals surface area contributed by atoms with Crippen LogP contribution >= 0.6 is 0 Å². The Morgan fingerprint density at radius 1 is 1.21 bits per heavy atom. The van der Waals surface area contributed by atoms with E-state index in [2.05, 4.69) is 4.98 Å². The maximum absolute atomic E-state index is 13.1. The molecule has 12 nitrogen and oxygen atoms in total. The highest BCUT2D eigenvalue weighted by atomic mass is 32.2. The summed E-state index contributed by atoms with van der Waals surface area (Å²) in [7, 11) is -1.38. The first-order chi connectivity index (χ1) is 16.2. The summed E-state index contributed by atoms with van der Waals surface area (Å²) >= 11 is 0. The lowest BCUT2D eigenvalue weighted by molar-refractivity contribution is -0.129. The van der Waals surface area contributed by atoms with Gasteiger partial charge in [-0.1, -0.05) is 0 Å². The van der Waals surface area contributed by atoms with Gasteiger partial charge in [0.15, 0.2) is 0 Å². The summed E-state index contributed by atoms with van der Waals surface area (Å²) in [4.78, 5) is 28.5. The van der Waals surface area contributed by atoms with Gasteiger partial charge in [-0.3, -0.25) is 10.0 Å². The van der Waals surface area contributed by atoms with Crippen LogP contribution in [-0.2, 0) is 24.3 Å². The Kier molecular flexibility index (Phi) is 10.4. The molecule has 2 rings (SSSR count). The molecule has 1 heterocycles. The first-order valence-corrected chi connectivity index (χ1v) is 11.6. The van der Waals surface area contributed by atoms with E-state index in [-0.39, 0.29) is 49.3 Å². The SMILES string of the molecule is COCCOC(=O)N(C)CCN(CC(=O)NO)S(=O)(=O)c1ccc(OC2=CC=C(F)CC2)nc1. The van der Waals surface area contributed by atoms with Gasteiger partial charge in [0.1, 0.15) is 23.1 Å². The minimum Gasteiger partial charge on any atom is -0.447 e. The summed E-state index contributed by atoms with van der Waals surface area (Å²) in [6, 6.07) is 2.57. The Bertz CT molecular complexity index is 1010. The van der Waals surface area contributed by atoms with E-state index >= 15 is 0 Å². The molecule has 0 spiro atoms. The molecule has 0 unspecified atom stereocenters. The number of methoxy groups -OCH3 is 1. The fourth-order valence-electron chi connectivity index (χ4n) is 2.70. The number of pyridine rings is 1. The van der Waals surface area contributed by atoms with Crippen molar-refractivity contribution in [2.45, 2.75) is 17.7 Å². The molecule has 34 heavy (non-hydrogen) atoms. The van der Waals surface area contributed by atoms with Gasteiger partial charge in [0, 0.05) is 46.2 Å². The van der Waals surface area contributed by atoms with Crippen LogP contribution in [0.2, 0.25) is 0 Å². The molecule has 1 aromatic heterocycles. The van der Waals surface area contributed by atoms with Gasteiger partial charge >= 0.3 is 6.09 Å². The Morgan fingerprint density at radius 2 is 1.97 bits per heavy atom. The average Bonchev–Trinajstić information content (AvgIpc) is 2.83. The summed E-state index contributed by atoms with van der Waals surface area (Å²) in [5.74, 6) is -0.640. The summed E-state index contributed by atoms with van der Waals surface area (Å²) in [6.45, 7) is -0.842. The number of carbonyl (C=O) groups excluding carboxylic acids is 2. The molecule has 0 saturated heterocycles. The zero-order valence-electron chi connectivity index (χ0n) is 18.8. The van der Waals surface area contributed by atoms with E-state index < -0.39 is 28.6 Å². The van der Waals surface area contributed by atoms with Crippen molar-refractivity contribution < 1.29 is 41.8 Å². The Morgan fingerprint density at radius 3 is 2.56 bits per heavy atom. The third-order valence-corrected chi connectivity index (χ3v) is 6.43. The number of carbonyl (C=O) groups is 2. The Balaban J connectivity index is 2.10. The summed E-state index contributed by atoms with van der Waals surface area (Å²) < 4.78 is 55.3. The second kappa shape index (κ2) is 13.0. The standard InChI is InChI=1S/C20H27FN4O8S/c1-24(20(27)32-12-11-31-2)9-10-25(14-18(26)23-28)34(29,30)17-7-8-19(22-13-17)33-16-5-3-15(21)4-6-16/h3,5,7-8,13,28H,4,6,9-12,14H2,1-2H3,(H,23,26). The van der Waals surface area contributed by atoms with Crippen LogP contribution in [0, 0.1) is 0 Å². The molecule has 14 heteroatoms. The number of allylic oxidation sites excluding steroid dienone is 4. The fourth-order valence-corrected chi connectivity index (χ4v) is 4.03. The summed E-state index contributed by atoms with van der Waals surface area (Å²) in [5, 5.41) is 8.84. The van der Waals surface area contributed by atoms with Crippen molar-refractivity contribution in [1.29, 1.82) is 0 Å². The largest absolute Gasteiger partial charge is 0.447 e. The molecule has 0 radical (unpaired) electrons. The first-order valence-electron chi connectivity index (χ1n) is 10.2. The molecule has 0 aromatic carbocycles. The quantitative estimate of drug-likeness (QED) is 0.244. The zero-order valence-corrected chi connectivity index (χ0v) is 19.6. The lowest BCUT2D eigenvalue weighted by Gasteiger charge is -2.24. The van der Waals surface area contributed by atoms with Crippen LogP contribution in [-0.4, -0.2) is 86.8 Å². The highest BCUT2D eigenvalue weighted by Gasteiger charge is 2.28. The maximum Gasteiger partial charge on any atom is 0.409 e. The third-order valence-electron chi connectivity index (χ3n) is 4.60. The van der Waals surface area contributed by atoms with Crippen LogP contribution in [0.1, 0.15) is 12.8 Å². The van der Waals surface area contributed by atoms with Gasteiger partial charge in [0.25, 0.3) is 5.91 Å². The van der Waals surface area contributed by atoms with Crippen LogP contribution in [0.4, 0.5) is 9.18 Å². The smallest absolute Gasteiger partial charge is 0.409 e. The lowest BCUT2D eigenvalue weighted by atomic mass is 10.1. The number of nitrogens with zero attached hydrogens (tertiary/aromatic N) is 3. The number of likely N-dealkylation sites (N-methyl/N-ethyl adjacent to an activating group) is 1. The molecular weight excluding hydrogens is 475 g/mol. The van der Waals surface area contributed by atoms with Crippen molar-refractivity contribution in [1.82, 2.24) is 19.7 Å². The van der Waals surface area contributed by atoms with Crippen molar-refractivity contribution in [2.24, 2.45) is 0 Å². The number of hydrogen-bond donors (Lipinski definition) is 2. The molecule has 0 bridgehead atoms. The molecule has 0 aliphatic heterocycles. The number of rotatable bonds is 12. The average molecular weight is 503 g/mol. The second-order valence-electron chi connectivity index (χ2n) is 7.08. The topological polar surface area (TPSA) is 148 Å². The van der Waals surface area contributed by atoms with E-state index in [4.69, 9.17) is 19.4 Å². The zero-order chi connectivity index (χ0) is 25.1. The number of ether oxygens (including phenoxy) is 3. The van der Waals surface area contributed by atoms with Crippen LogP contribution in [0.5, 0.6) is 5.88 Å². The molecular formula is C20H27FN4O8S. The molecule has 0 atom stereocenters. The Hall–Kier alpha value is -3.07. The van der Waals surface area contributed by atoms with E-state index in [1.54, 1.807) is 0 Å². The van der Waals surface area contributed by atoms with Crippen LogP contribution in [0.15, 0.2) is 47.0 Å². The molecule has 188 valence electrons. The van der Waals surface area contributed by atoms with E-state index in [0.29, 0.717) is 12.2 Å². The van der Waals surface area contributed by atoms with Crippen molar-refractivity contribution in [3.05, 3.63) is 42.1 Å². The number of halogens is 1. The summed E-state index contributed by atoms with van der Waals surface area (Å²) in [6.07, 6.45) is 3.65. The lowest BCUT2D eigenvalue weighted by Crippen LogP contribution is -2.44. The van der Waals surface area contributed by atoms with Gasteiger partial charge in [0.05, 0.1) is 19.3 Å². The molecule has 0 fully saturated rings. The highest BCUT2D eigenvalue weighted by molar-refractivity contribution is 7.89. The predicted molar refractivity (Wildman–Crippen MR) is 116 cm³/mol. The molecule has 0 saturated carbocycles. The van der Waals surface area contributed by atoms with Crippen molar-refractivity contribution in [2.75, 3.05) is 47.0 Å². The molecule has 2 N–H and O–H groups in total. The Labute approximate surface area is 196 Å². The van der Waals surface area contributed by atoms with Gasteiger partial charge in [-0.2, -0.15) is 4.31 Å². The summed E-state index contributed by atoms with van der Waals surface area (Å²) in [5.41, 5.74) is 1.38. The molecule has 1 aliphatic rings. The second-order valence-corrected chi connectivity index (χ2v) is 9.02. The number of hydroxylamine groups is 1. The van der Waals surface area contributed by atoms with E-state index in [9.17, 15) is 22.4 Å². The van der Waals surface area contributed by atoms with Crippen LogP contribution < -0.4 is 10.2 Å². The fraction of sp³-hybridized carbons (Fsp3) is 0.450. The molecule has 2 amide bonds. The molecule has 1 aliphatic carbocycles. The number of aromatic nitrogens is 1. The van der Waals surface area contributed by atoms with Crippen molar-refractivity contribution in [3.8, 4) is 5.88 Å². The highest BCUT2D eigenvalue weighted by Crippen LogP contribution is 2.23. The molecule has 1 aromatic rings. The van der Waals surface area contributed by atoms with Gasteiger partial charge in [-0.15, -0.1) is 0 Å². The number of nitrogens with one attached hydrogen (secondary N) is 1. The maximum atomic E-state index is 13.1. The number of amides is 2. The minimum atomic E-state index is -4.23. The van der Waals surface area contributed by atoms with E-state index in [0.717, 1.165) is 15.4 Å². The van der Waals surface area contributed by atoms with E-state index in [1.165, 1.54) is 43.9 Å². The van der Waals surface area contributed by atoms with Gasteiger partial charge in [0.2, 0.25) is 15.9 Å². The van der Waals surface area contributed by atoms with Gasteiger partial charge < -0.3 is 19.1 Å². The number of sulfonamides is 1. The predicted octanol–water partition coefficient (Wildman–Crippen LogP) is 1.20. The van der Waals surface area contributed by atoms with E-state index in [1.807, 2.05) is 0 Å². The minimum absolute atomic E-state index is 0.0246. The van der Waals surface area contributed by atoms with Crippen LogP contribution in [0.25, 0.3) is 0 Å². The first kappa shape index (κ1) is 27.2. The normalized spacial score (nSPS) is 13.7. The monoisotopic (exact) mass is 502 g/mol. The third kappa shape index (κ3) is 8.06.